The molecule has 2 heterocycles. The van der Waals surface area contributed by atoms with Crippen LogP contribution in [0, 0.1) is 0 Å². The average Bonchev–Trinajstić information content (AvgIpc) is 2.72. The van der Waals surface area contributed by atoms with E-state index in [4.69, 9.17) is 13.9 Å². The number of aliphatic hydroxyl groups is 3. The van der Waals surface area contributed by atoms with E-state index < -0.39 is 29.8 Å². The lowest BCUT2D eigenvalue weighted by molar-refractivity contribution is -0.189. The van der Waals surface area contributed by atoms with Crippen LogP contribution in [-0.2, 0) is 4.74 Å². The Morgan fingerprint density at radius 2 is 1.73 bits per heavy atom. The van der Waals surface area contributed by atoms with Crippen molar-refractivity contribution in [3.8, 4) is 28.6 Å². The first-order valence-electron chi connectivity index (χ1n) is 9.14. The Morgan fingerprint density at radius 3 is 2.40 bits per heavy atom. The topological polar surface area (TPSA) is 150 Å². The number of methoxy groups -OCH3 is 1. The second-order valence-corrected chi connectivity index (χ2v) is 7.04. The number of phenolic OH excluding ortho intramolecular Hbond substituents is 2. The molecule has 4 atom stereocenters. The van der Waals surface area contributed by atoms with Crippen LogP contribution in [0.15, 0.2) is 45.6 Å². The van der Waals surface area contributed by atoms with Crippen LogP contribution in [0.2, 0.25) is 0 Å². The number of rotatable bonds is 3. The van der Waals surface area contributed by atoms with Gasteiger partial charge < -0.3 is 39.4 Å². The minimum absolute atomic E-state index is 0.0353. The van der Waals surface area contributed by atoms with Gasteiger partial charge in [0.1, 0.15) is 52.8 Å². The number of benzene rings is 2. The highest BCUT2D eigenvalue weighted by Gasteiger charge is 2.41. The molecule has 2 aromatic carbocycles. The Bertz CT molecular complexity index is 1140. The normalized spacial score (nSPS) is 24.1. The number of phenols is 2. The van der Waals surface area contributed by atoms with Crippen molar-refractivity contribution in [1.29, 1.82) is 0 Å². The summed E-state index contributed by atoms with van der Waals surface area (Å²) in [6, 6.07) is 8.34. The molecule has 4 rings (SSSR count). The van der Waals surface area contributed by atoms with E-state index in [-0.39, 0.29) is 46.1 Å². The first-order chi connectivity index (χ1) is 14.3. The second-order valence-electron chi connectivity index (χ2n) is 7.04. The molecule has 1 aromatic heterocycles. The maximum Gasteiger partial charge on any atom is 0.197 e. The Balaban J connectivity index is 1.99. The number of fused-ring (bicyclic) bond motifs is 1. The molecular weight excluding hydrogens is 396 g/mol. The summed E-state index contributed by atoms with van der Waals surface area (Å²) in [5.74, 6) is -0.137. The van der Waals surface area contributed by atoms with Gasteiger partial charge in [-0.25, -0.2) is 0 Å². The number of aromatic hydroxyl groups is 2. The predicted octanol–water partition coefficient (Wildman–Crippen LogP) is 1.03. The molecule has 9 nitrogen and oxygen atoms in total. The molecule has 30 heavy (non-hydrogen) atoms. The van der Waals surface area contributed by atoms with Gasteiger partial charge in [0.25, 0.3) is 0 Å². The van der Waals surface area contributed by atoms with Gasteiger partial charge in [-0.3, -0.25) is 4.79 Å². The Morgan fingerprint density at radius 1 is 1.03 bits per heavy atom. The smallest absolute Gasteiger partial charge is 0.197 e. The van der Waals surface area contributed by atoms with Crippen LogP contribution < -0.4 is 10.2 Å². The largest absolute Gasteiger partial charge is 0.508 e. The van der Waals surface area contributed by atoms with Crippen molar-refractivity contribution in [2.45, 2.75) is 24.4 Å². The molecule has 0 unspecified atom stereocenters. The fourth-order valence-electron chi connectivity index (χ4n) is 3.58. The summed E-state index contributed by atoms with van der Waals surface area (Å²) in [6.45, 7) is -0.268. The van der Waals surface area contributed by atoms with E-state index in [0.717, 1.165) is 0 Å². The predicted molar refractivity (Wildman–Crippen MR) is 105 cm³/mol. The van der Waals surface area contributed by atoms with Crippen molar-refractivity contribution >= 4 is 11.0 Å². The Kier molecular flexibility index (Phi) is 5.12. The zero-order valence-electron chi connectivity index (χ0n) is 15.8. The van der Waals surface area contributed by atoms with E-state index in [9.17, 15) is 30.3 Å². The van der Waals surface area contributed by atoms with Crippen LogP contribution in [0.5, 0.6) is 17.2 Å². The van der Waals surface area contributed by atoms with Crippen molar-refractivity contribution < 1.29 is 39.4 Å². The van der Waals surface area contributed by atoms with Crippen LogP contribution >= 0.6 is 0 Å². The standard InChI is InChI=1S/C21H20O9/c1-28-15-7-12(24)16-11(23)6-14(9-2-4-10(22)5-3-9)30-20(16)17(15)21-19(27)18(26)13(25)8-29-21/h2-7,13,18-19,21-22,24-27H,8H2,1H3/t13-,18-,19-,21+/m0/s1. The molecule has 158 valence electrons. The van der Waals surface area contributed by atoms with E-state index >= 15 is 0 Å². The van der Waals surface area contributed by atoms with Gasteiger partial charge in [0, 0.05) is 17.7 Å². The summed E-state index contributed by atoms with van der Waals surface area (Å²) >= 11 is 0. The van der Waals surface area contributed by atoms with Crippen LogP contribution in [-0.4, -0.2) is 57.6 Å². The maximum atomic E-state index is 12.8. The summed E-state index contributed by atoms with van der Waals surface area (Å²) in [5, 5.41) is 50.1. The lowest BCUT2D eigenvalue weighted by Gasteiger charge is -2.36. The highest BCUT2D eigenvalue weighted by Crippen LogP contribution is 2.43. The van der Waals surface area contributed by atoms with Crippen LogP contribution in [0.1, 0.15) is 11.7 Å². The van der Waals surface area contributed by atoms with Crippen molar-refractivity contribution in [1.82, 2.24) is 0 Å². The van der Waals surface area contributed by atoms with Crippen molar-refractivity contribution in [2.75, 3.05) is 13.7 Å². The number of aliphatic hydroxyl groups excluding tert-OH is 3. The molecule has 0 radical (unpaired) electrons. The van der Waals surface area contributed by atoms with Gasteiger partial charge in [-0.1, -0.05) is 0 Å². The van der Waals surface area contributed by atoms with Gasteiger partial charge in [-0.15, -0.1) is 0 Å². The molecule has 1 aliphatic heterocycles. The van der Waals surface area contributed by atoms with Crippen LogP contribution in [0.3, 0.4) is 0 Å². The maximum absolute atomic E-state index is 12.8. The summed E-state index contributed by atoms with van der Waals surface area (Å²) in [4.78, 5) is 12.8. The first kappa shape index (κ1) is 20.2. The molecule has 0 aliphatic carbocycles. The summed E-state index contributed by atoms with van der Waals surface area (Å²) < 4.78 is 16.8. The van der Waals surface area contributed by atoms with E-state index in [2.05, 4.69) is 0 Å². The Labute approximate surface area is 170 Å². The zero-order valence-corrected chi connectivity index (χ0v) is 15.8. The highest BCUT2D eigenvalue weighted by atomic mass is 16.5. The quantitative estimate of drug-likeness (QED) is 0.422. The molecular formula is C21H20O9. The Hall–Kier alpha value is -3.11. The third-order valence-corrected chi connectivity index (χ3v) is 5.14. The van der Waals surface area contributed by atoms with E-state index in [1.54, 1.807) is 12.1 Å². The van der Waals surface area contributed by atoms with Gasteiger partial charge in [0.05, 0.1) is 19.3 Å². The fourth-order valence-corrected chi connectivity index (χ4v) is 3.58. The van der Waals surface area contributed by atoms with Crippen molar-refractivity contribution in [3.05, 3.63) is 52.2 Å². The summed E-state index contributed by atoms with van der Waals surface area (Å²) in [5.41, 5.74) is -0.0382. The summed E-state index contributed by atoms with van der Waals surface area (Å²) in [7, 11) is 1.33. The minimum Gasteiger partial charge on any atom is -0.508 e. The number of hydrogen-bond acceptors (Lipinski definition) is 9. The lowest BCUT2D eigenvalue weighted by atomic mass is 9.92. The van der Waals surface area contributed by atoms with Crippen LogP contribution in [0.4, 0.5) is 0 Å². The number of hydrogen-bond donors (Lipinski definition) is 5. The molecule has 5 N–H and O–H groups in total. The van der Waals surface area contributed by atoms with E-state index in [0.29, 0.717) is 5.56 Å². The molecule has 1 aliphatic rings. The molecule has 1 fully saturated rings. The van der Waals surface area contributed by atoms with Gasteiger partial charge in [-0.05, 0) is 24.3 Å². The van der Waals surface area contributed by atoms with Crippen molar-refractivity contribution in [3.63, 3.8) is 0 Å². The van der Waals surface area contributed by atoms with E-state index in [1.807, 2.05) is 0 Å². The second kappa shape index (κ2) is 7.62. The SMILES string of the molecule is COc1cc(O)c2c(=O)cc(-c3ccc(O)cc3)oc2c1[C@H]1OC[C@H](O)[C@H](O)[C@@H]1O. The molecule has 0 bridgehead atoms. The molecule has 1 saturated heterocycles. The third-order valence-electron chi connectivity index (χ3n) is 5.14. The third kappa shape index (κ3) is 3.27. The molecule has 3 aromatic rings. The average molecular weight is 416 g/mol. The zero-order chi connectivity index (χ0) is 21.6. The van der Waals surface area contributed by atoms with Gasteiger partial charge in [0.15, 0.2) is 11.0 Å². The molecule has 0 amide bonds. The van der Waals surface area contributed by atoms with Gasteiger partial charge >= 0.3 is 0 Å². The fraction of sp³-hybridized carbons (Fsp3) is 0.286. The number of ether oxygens (including phenoxy) is 2. The van der Waals surface area contributed by atoms with Crippen molar-refractivity contribution in [2.24, 2.45) is 0 Å². The first-order valence-corrected chi connectivity index (χ1v) is 9.14. The monoisotopic (exact) mass is 416 g/mol. The summed E-state index contributed by atoms with van der Waals surface area (Å²) in [6.07, 6.45) is -5.52. The van der Waals surface area contributed by atoms with Gasteiger partial charge in [0.2, 0.25) is 0 Å². The molecule has 0 saturated carbocycles. The van der Waals surface area contributed by atoms with E-state index in [1.165, 1.54) is 31.4 Å². The van der Waals surface area contributed by atoms with Crippen LogP contribution in [0.25, 0.3) is 22.3 Å². The lowest BCUT2D eigenvalue weighted by Crippen LogP contribution is -2.49. The minimum atomic E-state index is -1.54. The van der Waals surface area contributed by atoms with Gasteiger partial charge in [-0.2, -0.15) is 0 Å². The molecule has 0 spiro atoms. The molecule has 9 heteroatoms. The highest BCUT2D eigenvalue weighted by molar-refractivity contribution is 5.89.